The van der Waals surface area contributed by atoms with Crippen molar-refractivity contribution in [1.29, 1.82) is 0 Å². The first-order valence-corrected chi connectivity index (χ1v) is 11.7. The Morgan fingerprint density at radius 3 is 2.32 bits per heavy atom. The number of ether oxygens (including phenoxy) is 1. The lowest BCUT2D eigenvalue weighted by Gasteiger charge is -2.37. The monoisotopic (exact) mass is 469 g/mol. The van der Waals surface area contributed by atoms with Crippen molar-refractivity contribution >= 4 is 33.8 Å². The first kappa shape index (κ1) is 23.6. The Balaban J connectivity index is 0.00000272. The molecule has 2 aromatic rings. The highest BCUT2D eigenvalue weighted by atomic mass is 35.5. The van der Waals surface area contributed by atoms with Gasteiger partial charge in [0.1, 0.15) is 17.3 Å². The molecule has 1 fully saturated rings. The number of hydrogen-bond donors (Lipinski definition) is 1. The van der Waals surface area contributed by atoms with E-state index in [9.17, 15) is 12.8 Å². The van der Waals surface area contributed by atoms with Crippen LogP contribution < -0.4 is 19.3 Å². The maximum atomic E-state index is 14.4. The summed E-state index contributed by atoms with van der Waals surface area (Å²) in [6.45, 7) is 9.96. The molecule has 170 valence electrons. The fourth-order valence-corrected chi connectivity index (χ4v) is 5.39. The smallest absolute Gasteiger partial charge is 0.267 e. The normalized spacial score (nSPS) is 16.9. The number of hydrogen-bond acceptors (Lipinski definition) is 5. The first-order chi connectivity index (χ1) is 14.2. The zero-order valence-corrected chi connectivity index (χ0v) is 19.7. The summed E-state index contributed by atoms with van der Waals surface area (Å²) in [5.74, 6) is -0.198. The van der Waals surface area contributed by atoms with Crippen molar-refractivity contribution in [2.24, 2.45) is 0 Å². The molecule has 2 heterocycles. The number of sulfonamides is 1. The molecule has 2 aliphatic heterocycles. The van der Waals surface area contributed by atoms with Crippen LogP contribution in [0.25, 0.3) is 0 Å². The molecule has 0 saturated carbocycles. The molecule has 0 bridgehead atoms. The lowest BCUT2D eigenvalue weighted by Crippen LogP contribution is -2.44. The molecule has 0 unspecified atom stereocenters. The van der Waals surface area contributed by atoms with Gasteiger partial charge in [-0.3, -0.25) is 4.31 Å². The molecule has 4 rings (SSSR count). The number of fused-ring (bicyclic) bond motifs is 1. The molecule has 0 aliphatic carbocycles. The maximum absolute atomic E-state index is 14.4. The third-order valence-corrected chi connectivity index (χ3v) is 7.43. The van der Waals surface area contributed by atoms with E-state index in [1.54, 1.807) is 0 Å². The van der Waals surface area contributed by atoms with Crippen LogP contribution in [0.3, 0.4) is 0 Å². The van der Waals surface area contributed by atoms with E-state index in [1.165, 1.54) is 28.6 Å². The maximum Gasteiger partial charge on any atom is 0.267 e. The van der Waals surface area contributed by atoms with Gasteiger partial charge in [-0.2, -0.15) is 0 Å². The molecular formula is C22H29ClFN3O3S. The zero-order chi connectivity index (χ0) is 21.5. The van der Waals surface area contributed by atoms with Gasteiger partial charge in [0.25, 0.3) is 10.0 Å². The molecule has 2 aromatic carbocycles. The van der Waals surface area contributed by atoms with Crippen molar-refractivity contribution in [3.8, 4) is 5.75 Å². The predicted molar refractivity (Wildman–Crippen MR) is 124 cm³/mol. The first-order valence-electron chi connectivity index (χ1n) is 10.2. The zero-order valence-electron chi connectivity index (χ0n) is 18.0. The Morgan fingerprint density at radius 2 is 1.68 bits per heavy atom. The highest BCUT2D eigenvalue weighted by Gasteiger charge is 2.35. The standard InChI is InChI=1S/C22H28FN3O3S.ClH/c1-22(2,3)16-14-18(25-10-8-24-9-11-25)21-19(15-16)26(12-13-29-21)30(27,28)20-7-5-4-6-17(20)23;/h4-7,14-15,24H,8-13H2,1-3H3;1H. The number of rotatable bonds is 3. The van der Waals surface area contributed by atoms with Crippen LogP contribution in [-0.2, 0) is 15.4 Å². The topological polar surface area (TPSA) is 61.9 Å². The summed E-state index contributed by atoms with van der Waals surface area (Å²) in [6, 6.07) is 9.48. The molecule has 2 aliphatic rings. The third kappa shape index (κ3) is 4.47. The molecule has 31 heavy (non-hydrogen) atoms. The van der Waals surface area contributed by atoms with Crippen molar-refractivity contribution in [3.05, 3.63) is 47.8 Å². The SMILES string of the molecule is CC(C)(C)c1cc(N2CCNCC2)c2c(c1)N(S(=O)(=O)c1ccccc1F)CCO2.Cl. The molecule has 9 heteroatoms. The molecule has 0 atom stereocenters. The summed E-state index contributed by atoms with van der Waals surface area (Å²) < 4.78 is 48.6. The predicted octanol–water partition coefficient (Wildman–Crippen LogP) is 3.54. The summed E-state index contributed by atoms with van der Waals surface area (Å²) in [4.78, 5) is 1.91. The molecule has 6 nitrogen and oxygen atoms in total. The Bertz CT molecular complexity index is 1050. The lowest BCUT2D eigenvalue weighted by atomic mass is 9.86. The second kappa shape index (κ2) is 8.84. The van der Waals surface area contributed by atoms with Crippen molar-refractivity contribution in [2.75, 3.05) is 48.5 Å². The molecule has 0 aromatic heterocycles. The Hall–Kier alpha value is -2.03. The quantitative estimate of drug-likeness (QED) is 0.745. The van der Waals surface area contributed by atoms with Crippen molar-refractivity contribution < 1.29 is 17.5 Å². The highest BCUT2D eigenvalue weighted by molar-refractivity contribution is 7.92. The van der Waals surface area contributed by atoms with Gasteiger partial charge in [0.2, 0.25) is 0 Å². The minimum Gasteiger partial charge on any atom is -0.487 e. The Morgan fingerprint density at radius 1 is 1.03 bits per heavy atom. The van der Waals surface area contributed by atoms with Gasteiger partial charge in [-0.15, -0.1) is 12.4 Å². The van der Waals surface area contributed by atoms with E-state index in [2.05, 4.69) is 37.1 Å². The number of nitrogens with zero attached hydrogens (tertiary/aromatic N) is 2. The van der Waals surface area contributed by atoms with E-state index in [0.29, 0.717) is 11.4 Å². The number of halogens is 2. The number of benzene rings is 2. The minimum atomic E-state index is -4.07. The summed E-state index contributed by atoms with van der Waals surface area (Å²) in [7, 11) is -4.07. The van der Waals surface area contributed by atoms with Gasteiger partial charge in [-0.25, -0.2) is 12.8 Å². The fourth-order valence-electron chi connectivity index (χ4n) is 3.88. The van der Waals surface area contributed by atoms with E-state index >= 15 is 0 Å². The van der Waals surface area contributed by atoms with E-state index in [0.717, 1.165) is 37.4 Å². The number of anilines is 2. The van der Waals surface area contributed by atoms with E-state index in [4.69, 9.17) is 4.74 Å². The van der Waals surface area contributed by atoms with Crippen LogP contribution in [0.15, 0.2) is 41.3 Å². The highest BCUT2D eigenvalue weighted by Crippen LogP contribution is 2.45. The van der Waals surface area contributed by atoms with Crippen molar-refractivity contribution in [2.45, 2.75) is 31.1 Å². The van der Waals surface area contributed by atoms with Gasteiger partial charge < -0.3 is 15.0 Å². The van der Waals surface area contributed by atoms with Gasteiger partial charge in [0.05, 0.1) is 17.9 Å². The molecular weight excluding hydrogens is 441 g/mol. The molecule has 0 radical (unpaired) electrons. The lowest BCUT2D eigenvalue weighted by molar-refractivity contribution is 0.315. The van der Waals surface area contributed by atoms with E-state index in [-0.39, 0.29) is 35.9 Å². The van der Waals surface area contributed by atoms with Crippen LogP contribution in [0.5, 0.6) is 5.75 Å². The van der Waals surface area contributed by atoms with Crippen molar-refractivity contribution in [3.63, 3.8) is 0 Å². The number of piperazine rings is 1. The van der Waals surface area contributed by atoms with Gasteiger partial charge in [-0.1, -0.05) is 32.9 Å². The molecule has 1 saturated heterocycles. The van der Waals surface area contributed by atoms with E-state index < -0.39 is 15.8 Å². The number of nitrogens with one attached hydrogen (secondary N) is 1. The average molecular weight is 470 g/mol. The van der Waals surface area contributed by atoms with Crippen LogP contribution >= 0.6 is 12.4 Å². The van der Waals surface area contributed by atoms with Gasteiger partial charge >= 0.3 is 0 Å². The van der Waals surface area contributed by atoms with E-state index in [1.807, 2.05) is 6.07 Å². The molecule has 0 amide bonds. The molecule has 1 N–H and O–H groups in total. The van der Waals surface area contributed by atoms with Crippen LogP contribution in [0.4, 0.5) is 15.8 Å². The van der Waals surface area contributed by atoms with Gasteiger partial charge in [-0.05, 0) is 35.2 Å². The largest absolute Gasteiger partial charge is 0.487 e. The summed E-state index contributed by atoms with van der Waals surface area (Å²) in [5, 5.41) is 3.34. The molecule has 0 spiro atoms. The Kier molecular flexibility index (Phi) is 6.74. The third-order valence-electron chi connectivity index (χ3n) is 5.59. The van der Waals surface area contributed by atoms with Crippen LogP contribution in [-0.4, -0.2) is 47.7 Å². The van der Waals surface area contributed by atoms with Crippen LogP contribution in [0.2, 0.25) is 0 Å². The van der Waals surface area contributed by atoms with Gasteiger partial charge in [0.15, 0.2) is 5.75 Å². The summed E-state index contributed by atoms with van der Waals surface area (Å²) >= 11 is 0. The summed E-state index contributed by atoms with van der Waals surface area (Å²) in [6.07, 6.45) is 0. The van der Waals surface area contributed by atoms with Crippen molar-refractivity contribution in [1.82, 2.24) is 5.32 Å². The van der Waals surface area contributed by atoms with Crippen LogP contribution in [0, 0.1) is 5.82 Å². The second-order valence-electron chi connectivity index (χ2n) is 8.69. The second-order valence-corrected chi connectivity index (χ2v) is 10.5. The minimum absolute atomic E-state index is 0. The summed E-state index contributed by atoms with van der Waals surface area (Å²) in [5.41, 5.74) is 2.19. The van der Waals surface area contributed by atoms with Crippen LogP contribution in [0.1, 0.15) is 26.3 Å². The Labute approximate surface area is 189 Å². The van der Waals surface area contributed by atoms with Gasteiger partial charge in [0, 0.05) is 26.2 Å². The fraction of sp³-hybridized carbons (Fsp3) is 0.455. The average Bonchev–Trinajstić information content (AvgIpc) is 2.72.